The molecule has 1 fully saturated rings. The second-order valence-electron chi connectivity index (χ2n) is 5.13. The topological polar surface area (TPSA) is 45.4 Å². The minimum absolute atomic E-state index is 0.363. The first-order valence-electron chi connectivity index (χ1n) is 6.83. The van der Waals surface area contributed by atoms with Crippen LogP contribution in [0.25, 0.3) is 0 Å². The molecule has 1 aliphatic rings. The average molecular weight is 278 g/mol. The molecular weight excluding hydrogens is 256 g/mol. The summed E-state index contributed by atoms with van der Waals surface area (Å²) in [6.45, 7) is 5.57. The van der Waals surface area contributed by atoms with E-state index in [1.807, 2.05) is 6.07 Å². The van der Waals surface area contributed by atoms with Crippen molar-refractivity contribution in [1.29, 1.82) is 0 Å². The highest BCUT2D eigenvalue weighted by Gasteiger charge is 2.22. The second kappa shape index (κ2) is 6.30. The van der Waals surface area contributed by atoms with Crippen LogP contribution in [0.5, 0.6) is 0 Å². The molecule has 1 atom stereocenters. The maximum absolute atomic E-state index is 5.67. The van der Waals surface area contributed by atoms with Gasteiger partial charge in [0.15, 0.2) is 0 Å². The van der Waals surface area contributed by atoms with Gasteiger partial charge in [-0.1, -0.05) is 19.1 Å². The molecule has 0 saturated carbocycles. The monoisotopic (exact) mass is 278 g/mol. The van der Waals surface area contributed by atoms with Crippen LogP contribution in [0.1, 0.15) is 25.5 Å². The molecule has 0 spiro atoms. The highest BCUT2D eigenvalue weighted by molar-refractivity contribution is 7.80. The molecule has 5 heteroatoms. The summed E-state index contributed by atoms with van der Waals surface area (Å²) in [6, 6.07) is 4.60. The normalized spacial score (nSPS) is 21.2. The molecular formula is C14H22N4S. The van der Waals surface area contributed by atoms with Gasteiger partial charge in [0.2, 0.25) is 0 Å². The van der Waals surface area contributed by atoms with Gasteiger partial charge in [0.25, 0.3) is 0 Å². The lowest BCUT2D eigenvalue weighted by atomic mass is 10.1. The molecule has 1 aliphatic heterocycles. The lowest BCUT2D eigenvalue weighted by Crippen LogP contribution is -2.40. The van der Waals surface area contributed by atoms with E-state index in [0.717, 1.165) is 26.1 Å². The standard InChI is InChI=1S/C14H22N4S/c1-3-11-10-17(2)7-4-8-18(11)12-5-6-16-13(9-12)14(15)19/h5-6,9,11H,3-4,7-8,10H2,1-2H3,(H2,15,19). The number of rotatable bonds is 3. The number of nitrogens with two attached hydrogens (primary N) is 1. The Balaban J connectivity index is 2.27. The first kappa shape index (κ1) is 14.2. The van der Waals surface area contributed by atoms with Gasteiger partial charge in [-0.3, -0.25) is 4.98 Å². The first-order valence-corrected chi connectivity index (χ1v) is 7.23. The smallest absolute Gasteiger partial charge is 0.122 e. The molecule has 0 aromatic carbocycles. The Bertz CT molecular complexity index is 449. The predicted molar refractivity (Wildman–Crippen MR) is 83.7 cm³/mol. The van der Waals surface area contributed by atoms with Gasteiger partial charge in [-0.25, -0.2) is 0 Å². The lowest BCUT2D eigenvalue weighted by molar-refractivity contribution is 0.328. The van der Waals surface area contributed by atoms with Gasteiger partial charge in [0, 0.05) is 31.0 Å². The highest BCUT2D eigenvalue weighted by Crippen LogP contribution is 2.22. The van der Waals surface area contributed by atoms with Crippen LogP contribution in [0.2, 0.25) is 0 Å². The van der Waals surface area contributed by atoms with Crippen molar-refractivity contribution in [2.24, 2.45) is 5.73 Å². The summed E-state index contributed by atoms with van der Waals surface area (Å²) in [5.41, 5.74) is 7.56. The van der Waals surface area contributed by atoms with Crippen molar-refractivity contribution in [3.05, 3.63) is 24.0 Å². The Morgan fingerprint density at radius 1 is 1.53 bits per heavy atom. The lowest BCUT2D eigenvalue weighted by Gasteiger charge is -2.32. The minimum Gasteiger partial charge on any atom is -0.388 e. The van der Waals surface area contributed by atoms with Crippen LogP contribution >= 0.6 is 12.2 Å². The Morgan fingerprint density at radius 2 is 2.32 bits per heavy atom. The van der Waals surface area contributed by atoms with E-state index in [4.69, 9.17) is 18.0 Å². The summed E-state index contributed by atoms with van der Waals surface area (Å²) < 4.78 is 0. The molecule has 4 nitrogen and oxygen atoms in total. The quantitative estimate of drug-likeness (QED) is 0.852. The number of aromatic nitrogens is 1. The van der Waals surface area contributed by atoms with E-state index >= 15 is 0 Å². The number of hydrogen-bond donors (Lipinski definition) is 1. The van der Waals surface area contributed by atoms with Crippen molar-refractivity contribution in [2.75, 3.05) is 31.6 Å². The zero-order chi connectivity index (χ0) is 13.8. The van der Waals surface area contributed by atoms with E-state index < -0.39 is 0 Å². The zero-order valence-electron chi connectivity index (χ0n) is 11.7. The average Bonchev–Trinajstić information content (AvgIpc) is 2.60. The van der Waals surface area contributed by atoms with Crippen molar-refractivity contribution in [3.63, 3.8) is 0 Å². The van der Waals surface area contributed by atoms with E-state index in [0.29, 0.717) is 16.7 Å². The molecule has 0 bridgehead atoms. The molecule has 1 unspecified atom stereocenters. The van der Waals surface area contributed by atoms with E-state index in [2.05, 4.69) is 34.8 Å². The summed E-state index contributed by atoms with van der Waals surface area (Å²) >= 11 is 5.01. The first-order chi connectivity index (χ1) is 9.11. The third-order valence-electron chi connectivity index (χ3n) is 3.70. The highest BCUT2D eigenvalue weighted by atomic mass is 32.1. The third kappa shape index (κ3) is 3.42. The summed E-state index contributed by atoms with van der Waals surface area (Å²) in [5, 5.41) is 0. The fraction of sp³-hybridized carbons (Fsp3) is 0.571. The Morgan fingerprint density at radius 3 is 3.00 bits per heavy atom. The van der Waals surface area contributed by atoms with Gasteiger partial charge in [0.1, 0.15) is 4.99 Å². The molecule has 0 radical (unpaired) electrons. The van der Waals surface area contributed by atoms with Crippen molar-refractivity contribution >= 4 is 22.9 Å². The van der Waals surface area contributed by atoms with E-state index in [-0.39, 0.29) is 0 Å². The number of hydrogen-bond acceptors (Lipinski definition) is 4. The molecule has 1 aromatic rings. The molecule has 0 aliphatic carbocycles. The van der Waals surface area contributed by atoms with Crippen LogP contribution in [-0.4, -0.2) is 47.6 Å². The van der Waals surface area contributed by atoms with Crippen LogP contribution in [0.3, 0.4) is 0 Å². The summed E-state index contributed by atoms with van der Waals surface area (Å²) in [7, 11) is 2.19. The van der Waals surface area contributed by atoms with Crippen LogP contribution in [0.15, 0.2) is 18.3 Å². The second-order valence-corrected chi connectivity index (χ2v) is 5.57. The van der Waals surface area contributed by atoms with Crippen LogP contribution < -0.4 is 10.6 Å². The SMILES string of the molecule is CCC1CN(C)CCCN1c1ccnc(C(N)=S)c1. The molecule has 1 aromatic heterocycles. The van der Waals surface area contributed by atoms with Crippen molar-refractivity contribution < 1.29 is 0 Å². The zero-order valence-corrected chi connectivity index (χ0v) is 12.5. The number of nitrogens with zero attached hydrogens (tertiary/aromatic N) is 3. The fourth-order valence-electron chi connectivity index (χ4n) is 2.67. The van der Waals surface area contributed by atoms with Crippen LogP contribution in [-0.2, 0) is 0 Å². The number of thiocarbonyl (C=S) groups is 1. The Labute approximate surface area is 120 Å². The van der Waals surface area contributed by atoms with Crippen LogP contribution in [0, 0.1) is 0 Å². The van der Waals surface area contributed by atoms with Crippen molar-refractivity contribution in [3.8, 4) is 0 Å². The fourth-order valence-corrected chi connectivity index (χ4v) is 2.78. The largest absolute Gasteiger partial charge is 0.388 e. The van der Waals surface area contributed by atoms with Gasteiger partial charge in [-0.15, -0.1) is 0 Å². The molecule has 19 heavy (non-hydrogen) atoms. The molecule has 2 heterocycles. The number of pyridine rings is 1. The van der Waals surface area contributed by atoms with E-state index in [1.165, 1.54) is 12.1 Å². The van der Waals surface area contributed by atoms with Gasteiger partial charge in [-0.05, 0) is 38.6 Å². The third-order valence-corrected chi connectivity index (χ3v) is 3.91. The Hall–Kier alpha value is -1.20. The van der Waals surface area contributed by atoms with E-state index in [9.17, 15) is 0 Å². The van der Waals surface area contributed by atoms with Crippen LogP contribution in [0.4, 0.5) is 5.69 Å². The number of likely N-dealkylation sites (N-methyl/N-ethyl adjacent to an activating group) is 1. The molecule has 1 saturated heterocycles. The summed E-state index contributed by atoms with van der Waals surface area (Å²) in [6.07, 6.45) is 4.11. The molecule has 2 N–H and O–H groups in total. The summed E-state index contributed by atoms with van der Waals surface area (Å²) in [5.74, 6) is 0. The maximum Gasteiger partial charge on any atom is 0.122 e. The minimum atomic E-state index is 0.363. The Kier molecular flexibility index (Phi) is 4.71. The van der Waals surface area contributed by atoms with Gasteiger partial charge in [-0.2, -0.15) is 0 Å². The predicted octanol–water partition coefficient (Wildman–Crippen LogP) is 1.64. The van der Waals surface area contributed by atoms with E-state index in [1.54, 1.807) is 6.20 Å². The molecule has 104 valence electrons. The molecule has 0 amide bonds. The van der Waals surface area contributed by atoms with Gasteiger partial charge >= 0.3 is 0 Å². The van der Waals surface area contributed by atoms with Gasteiger partial charge < -0.3 is 15.5 Å². The summed E-state index contributed by atoms with van der Waals surface area (Å²) in [4.78, 5) is 9.45. The molecule has 2 rings (SSSR count). The van der Waals surface area contributed by atoms with Gasteiger partial charge in [0.05, 0.1) is 5.69 Å². The van der Waals surface area contributed by atoms with Crippen molar-refractivity contribution in [2.45, 2.75) is 25.8 Å². The maximum atomic E-state index is 5.67. The van der Waals surface area contributed by atoms with Crippen molar-refractivity contribution in [1.82, 2.24) is 9.88 Å². The number of anilines is 1.